The summed E-state index contributed by atoms with van der Waals surface area (Å²) >= 11 is 0. The number of amides is 1. The lowest BCUT2D eigenvalue weighted by molar-refractivity contribution is -0.137. The molecule has 0 radical (unpaired) electrons. The largest absolute Gasteiger partial charge is 0.416 e. The van der Waals surface area contributed by atoms with E-state index >= 15 is 0 Å². The van der Waals surface area contributed by atoms with Gasteiger partial charge in [0.05, 0.1) is 18.3 Å². The SMILES string of the molecule is C=CC(=O)N(Cc1cn(CC)nn1)c1ccc(C(F)(F)F)cc1. The summed E-state index contributed by atoms with van der Waals surface area (Å²) < 4.78 is 39.4. The zero-order valence-corrected chi connectivity index (χ0v) is 12.4. The van der Waals surface area contributed by atoms with Crippen LogP contribution in [0.2, 0.25) is 0 Å². The molecule has 0 N–H and O–H groups in total. The first-order chi connectivity index (χ1) is 10.8. The first-order valence-corrected chi connectivity index (χ1v) is 6.85. The summed E-state index contributed by atoms with van der Waals surface area (Å²) in [5.74, 6) is -0.434. The molecule has 1 amide bonds. The summed E-state index contributed by atoms with van der Waals surface area (Å²) in [7, 11) is 0. The number of aromatic nitrogens is 3. The highest BCUT2D eigenvalue weighted by Crippen LogP contribution is 2.30. The van der Waals surface area contributed by atoms with Gasteiger partial charge in [-0.05, 0) is 37.3 Å². The van der Waals surface area contributed by atoms with Crippen LogP contribution in [0.25, 0.3) is 0 Å². The van der Waals surface area contributed by atoms with E-state index in [1.807, 2.05) is 6.92 Å². The average molecular weight is 324 g/mol. The molecule has 0 spiro atoms. The summed E-state index contributed by atoms with van der Waals surface area (Å²) in [5.41, 5.74) is 0.0834. The Balaban J connectivity index is 2.27. The van der Waals surface area contributed by atoms with Gasteiger partial charge in [-0.2, -0.15) is 13.2 Å². The van der Waals surface area contributed by atoms with Crippen LogP contribution < -0.4 is 4.90 Å². The fourth-order valence-electron chi connectivity index (χ4n) is 1.96. The van der Waals surface area contributed by atoms with Gasteiger partial charge in [0, 0.05) is 12.2 Å². The number of hydrogen-bond acceptors (Lipinski definition) is 3. The van der Waals surface area contributed by atoms with Gasteiger partial charge < -0.3 is 4.90 Å². The van der Waals surface area contributed by atoms with Gasteiger partial charge in [0.15, 0.2) is 0 Å². The number of rotatable bonds is 5. The predicted octanol–water partition coefficient (Wildman–Crippen LogP) is 3.04. The molecule has 0 atom stereocenters. The Kier molecular flexibility index (Phi) is 4.83. The topological polar surface area (TPSA) is 51.0 Å². The minimum atomic E-state index is -4.42. The van der Waals surface area contributed by atoms with Crippen LogP contribution in [0.3, 0.4) is 0 Å². The second kappa shape index (κ2) is 6.64. The van der Waals surface area contributed by atoms with Gasteiger partial charge >= 0.3 is 6.18 Å². The van der Waals surface area contributed by atoms with Gasteiger partial charge in [0.25, 0.3) is 5.91 Å². The monoisotopic (exact) mass is 324 g/mol. The molecule has 2 aromatic rings. The molecule has 0 fully saturated rings. The van der Waals surface area contributed by atoms with Crippen molar-refractivity contribution in [1.29, 1.82) is 0 Å². The number of nitrogens with zero attached hydrogens (tertiary/aromatic N) is 4. The van der Waals surface area contributed by atoms with Gasteiger partial charge in [0.1, 0.15) is 5.69 Å². The molecule has 8 heteroatoms. The standard InChI is InChI=1S/C15H15F3N4O/c1-3-14(23)22(10-12-9-21(4-2)20-19-12)13-7-5-11(6-8-13)15(16,17)18/h3,5-9H,1,4,10H2,2H3. The Hall–Kier alpha value is -2.64. The lowest BCUT2D eigenvalue weighted by Crippen LogP contribution is -2.28. The highest BCUT2D eigenvalue weighted by atomic mass is 19.4. The number of carbonyl (C=O) groups is 1. The lowest BCUT2D eigenvalue weighted by atomic mass is 10.2. The maximum atomic E-state index is 12.6. The number of alkyl halides is 3. The van der Waals surface area contributed by atoms with Crippen LogP contribution in [-0.2, 0) is 24.1 Å². The van der Waals surface area contributed by atoms with Crippen molar-refractivity contribution in [2.24, 2.45) is 0 Å². The Morgan fingerprint density at radius 3 is 2.48 bits per heavy atom. The smallest absolute Gasteiger partial charge is 0.303 e. The summed E-state index contributed by atoms with van der Waals surface area (Å²) in [6.07, 6.45) is -1.65. The molecule has 0 aliphatic rings. The second-order valence-corrected chi connectivity index (χ2v) is 4.74. The fraction of sp³-hybridized carbons (Fsp3) is 0.267. The lowest BCUT2D eigenvalue weighted by Gasteiger charge is -2.20. The third-order valence-electron chi connectivity index (χ3n) is 3.18. The molecule has 0 saturated heterocycles. The van der Waals surface area contributed by atoms with E-state index in [0.717, 1.165) is 18.2 Å². The van der Waals surface area contributed by atoms with Crippen molar-refractivity contribution in [3.8, 4) is 0 Å². The van der Waals surface area contributed by atoms with Gasteiger partial charge in [0.2, 0.25) is 0 Å². The Labute approximate surface area is 131 Å². The van der Waals surface area contributed by atoms with Gasteiger partial charge in [-0.1, -0.05) is 11.8 Å². The van der Waals surface area contributed by atoms with Crippen molar-refractivity contribution in [2.75, 3.05) is 4.90 Å². The van der Waals surface area contributed by atoms with Gasteiger partial charge in [-0.25, -0.2) is 0 Å². The maximum Gasteiger partial charge on any atom is 0.416 e. The second-order valence-electron chi connectivity index (χ2n) is 4.74. The van der Waals surface area contributed by atoms with E-state index in [9.17, 15) is 18.0 Å². The van der Waals surface area contributed by atoms with Crippen LogP contribution in [0.5, 0.6) is 0 Å². The molecule has 1 aromatic carbocycles. The van der Waals surface area contributed by atoms with E-state index in [4.69, 9.17) is 0 Å². The van der Waals surface area contributed by atoms with Crippen molar-refractivity contribution in [1.82, 2.24) is 15.0 Å². The summed E-state index contributed by atoms with van der Waals surface area (Å²) in [4.78, 5) is 13.3. The third-order valence-corrected chi connectivity index (χ3v) is 3.18. The van der Waals surface area contributed by atoms with Crippen molar-refractivity contribution in [2.45, 2.75) is 26.2 Å². The number of hydrogen-bond donors (Lipinski definition) is 0. The average Bonchev–Trinajstić information content (AvgIpc) is 2.99. The number of halogens is 3. The van der Waals surface area contributed by atoms with E-state index in [-0.39, 0.29) is 6.54 Å². The quantitative estimate of drug-likeness (QED) is 0.794. The Morgan fingerprint density at radius 2 is 2.00 bits per heavy atom. The molecule has 2 rings (SSSR count). The van der Waals surface area contributed by atoms with E-state index in [2.05, 4.69) is 16.9 Å². The minimum Gasteiger partial charge on any atom is -0.303 e. The third kappa shape index (κ3) is 3.97. The molecule has 1 aromatic heterocycles. The predicted molar refractivity (Wildman–Crippen MR) is 78.5 cm³/mol. The number of carbonyl (C=O) groups excluding carboxylic acids is 1. The van der Waals surface area contributed by atoms with E-state index < -0.39 is 17.6 Å². The van der Waals surface area contributed by atoms with Crippen LogP contribution in [0.4, 0.5) is 18.9 Å². The Bertz CT molecular complexity index is 691. The van der Waals surface area contributed by atoms with Gasteiger partial charge in [-0.3, -0.25) is 9.48 Å². The molecule has 0 saturated carbocycles. The minimum absolute atomic E-state index is 0.0935. The molecule has 23 heavy (non-hydrogen) atoms. The summed E-state index contributed by atoms with van der Waals surface area (Å²) in [6.45, 7) is 6.03. The highest BCUT2D eigenvalue weighted by Gasteiger charge is 2.30. The molecule has 122 valence electrons. The first-order valence-electron chi connectivity index (χ1n) is 6.85. The highest BCUT2D eigenvalue weighted by molar-refractivity contribution is 6.00. The molecule has 5 nitrogen and oxygen atoms in total. The molecule has 0 bridgehead atoms. The van der Waals surface area contributed by atoms with E-state index in [0.29, 0.717) is 17.9 Å². The van der Waals surface area contributed by atoms with Crippen LogP contribution >= 0.6 is 0 Å². The normalized spacial score (nSPS) is 11.3. The Morgan fingerprint density at radius 1 is 1.35 bits per heavy atom. The number of benzene rings is 1. The van der Waals surface area contributed by atoms with E-state index in [1.54, 1.807) is 10.9 Å². The zero-order valence-electron chi connectivity index (χ0n) is 12.4. The molecule has 0 aliphatic heterocycles. The van der Waals surface area contributed by atoms with Crippen molar-refractivity contribution in [3.63, 3.8) is 0 Å². The van der Waals surface area contributed by atoms with Crippen molar-refractivity contribution in [3.05, 3.63) is 54.4 Å². The van der Waals surface area contributed by atoms with Crippen LogP contribution in [0.15, 0.2) is 43.1 Å². The van der Waals surface area contributed by atoms with Crippen LogP contribution in [-0.4, -0.2) is 20.9 Å². The molecule has 1 heterocycles. The zero-order chi connectivity index (χ0) is 17.0. The first kappa shape index (κ1) is 16.7. The molecule has 0 unspecified atom stereocenters. The summed E-state index contributed by atoms with van der Waals surface area (Å²) in [5, 5.41) is 7.80. The van der Waals surface area contributed by atoms with Gasteiger partial charge in [-0.15, -0.1) is 5.10 Å². The van der Waals surface area contributed by atoms with E-state index in [1.165, 1.54) is 17.0 Å². The van der Waals surface area contributed by atoms with Crippen LogP contribution in [0, 0.1) is 0 Å². The number of anilines is 1. The van der Waals surface area contributed by atoms with Crippen LogP contribution in [0.1, 0.15) is 18.2 Å². The summed E-state index contributed by atoms with van der Waals surface area (Å²) in [6, 6.07) is 4.35. The fourth-order valence-corrected chi connectivity index (χ4v) is 1.96. The molecule has 0 aliphatic carbocycles. The number of aryl methyl sites for hydroxylation is 1. The maximum absolute atomic E-state index is 12.6. The molecular formula is C15H15F3N4O. The van der Waals surface area contributed by atoms with Crippen molar-refractivity contribution >= 4 is 11.6 Å². The van der Waals surface area contributed by atoms with Crippen molar-refractivity contribution < 1.29 is 18.0 Å². The molecular weight excluding hydrogens is 309 g/mol.